The van der Waals surface area contributed by atoms with Crippen molar-refractivity contribution in [3.8, 4) is 0 Å². The molecule has 28 heavy (non-hydrogen) atoms. The highest BCUT2D eigenvalue weighted by molar-refractivity contribution is 6.08. The summed E-state index contributed by atoms with van der Waals surface area (Å²) in [6.07, 6.45) is 3.12. The minimum absolute atomic E-state index is 0.0283. The van der Waals surface area contributed by atoms with E-state index < -0.39 is 11.9 Å². The van der Waals surface area contributed by atoms with E-state index in [1.807, 2.05) is 30.3 Å². The zero-order chi connectivity index (χ0) is 19.5. The average molecular weight is 372 g/mol. The zero-order valence-electron chi connectivity index (χ0n) is 14.7. The van der Waals surface area contributed by atoms with Crippen LogP contribution in [0.2, 0.25) is 0 Å². The van der Waals surface area contributed by atoms with Crippen LogP contribution >= 0.6 is 0 Å². The number of amides is 1. The number of hydrogen-bond acceptors (Lipinski definition) is 4. The maximum atomic E-state index is 12.6. The number of aromatic nitrogens is 3. The number of para-hydroxylation sites is 1. The van der Waals surface area contributed by atoms with Crippen LogP contribution in [0.15, 0.2) is 73.1 Å². The second kappa shape index (κ2) is 7.32. The number of nitrogens with zero attached hydrogens (tertiary/aromatic N) is 3. The molecule has 0 aliphatic heterocycles. The molecule has 0 radical (unpaired) electrons. The average Bonchev–Trinajstić information content (AvgIpc) is 3.11. The fourth-order valence-corrected chi connectivity index (χ4v) is 2.94. The molecule has 7 nitrogen and oxygen atoms in total. The first-order valence-electron chi connectivity index (χ1n) is 8.61. The number of pyridine rings is 1. The predicted octanol–water partition coefficient (Wildman–Crippen LogP) is 3.43. The molecular weight excluding hydrogens is 356 g/mol. The quantitative estimate of drug-likeness (QED) is 0.559. The maximum absolute atomic E-state index is 12.6. The van der Waals surface area contributed by atoms with Crippen molar-refractivity contribution in [2.24, 2.45) is 0 Å². The summed E-state index contributed by atoms with van der Waals surface area (Å²) in [7, 11) is 0. The molecule has 2 aromatic carbocycles. The zero-order valence-corrected chi connectivity index (χ0v) is 14.7. The van der Waals surface area contributed by atoms with Gasteiger partial charge in [-0.15, -0.1) is 0 Å². The lowest BCUT2D eigenvalue weighted by Gasteiger charge is -2.08. The first-order chi connectivity index (χ1) is 13.6. The van der Waals surface area contributed by atoms with Crippen molar-refractivity contribution in [3.63, 3.8) is 0 Å². The second-order valence-corrected chi connectivity index (χ2v) is 6.23. The molecular formula is C21H16N4O3. The van der Waals surface area contributed by atoms with E-state index in [-0.39, 0.29) is 11.3 Å². The number of rotatable bonds is 5. The molecule has 0 unspecified atom stereocenters. The summed E-state index contributed by atoms with van der Waals surface area (Å²) in [5.41, 5.74) is 2.36. The molecule has 0 bridgehead atoms. The summed E-state index contributed by atoms with van der Waals surface area (Å²) in [5.74, 6) is -1.54. The Kier molecular flexibility index (Phi) is 4.55. The fourth-order valence-electron chi connectivity index (χ4n) is 2.94. The molecule has 4 rings (SSSR count). The highest BCUT2D eigenvalue weighted by atomic mass is 16.4. The molecule has 0 aliphatic carbocycles. The van der Waals surface area contributed by atoms with Crippen molar-refractivity contribution in [2.45, 2.75) is 6.54 Å². The number of carbonyl (C=O) groups is 2. The third-order valence-corrected chi connectivity index (χ3v) is 4.32. The number of nitrogens with one attached hydrogen (secondary N) is 1. The van der Waals surface area contributed by atoms with Crippen molar-refractivity contribution in [3.05, 3.63) is 89.7 Å². The van der Waals surface area contributed by atoms with Crippen LogP contribution in [0, 0.1) is 0 Å². The topological polar surface area (TPSA) is 97.1 Å². The molecule has 0 spiro atoms. The molecule has 7 heteroatoms. The Morgan fingerprint density at radius 3 is 2.54 bits per heavy atom. The summed E-state index contributed by atoms with van der Waals surface area (Å²) in [6.45, 7) is 0.578. The van der Waals surface area contributed by atoms with Gasteiger partial charge in [-0.1, -0.05) is 42.5 Å². The van der Waals surface area contributed by atoms with Gasteiger partial charge in [-0.25, -0.2) is 14.5 Å². The lowest BCUT2D eigenvalue weighted by Crippen LogP contribution is -2.15. The van der Waals surface area contributed by atoms with Crippen LogP contribution < -0.4 is 5.32 Å². The molecule has 2 heterocycles. The lowest BCUT2D eigenvalue weighted by molar-refractivity contribution is 0.0698. The van der Waals surface area contributed by atoms with Gasteiger partial charge >= 0.3 is 5.97 Å². The smallest absolute Gasteiger partial charge is 0.337 e. The van der Waals surface area contributed by atoms with Crippen LogP contribution in [-0.2, 0) is 6.54 Å². The molecule has 0 fully saturated rings. The molecule has 0 saturated heterocycles. The Balaban J connectivity index is 1.59. The minimum atomic E-state index is -1.10. The van der Waals surface area contributed by atoms with Crippen LogP contribution in [0.4, 0.5) is 5.69 Å². The molecule has 2 aromatic heterocycles. The molecule has 0 aliphatic rings. The summed E-state index contributed by atoms with van der Waals surface area (Å²) >= 11 is 0. The van der Waals surface area contributed by atoms with Gasteiger partial charge in [-0.05, 0) is 23.8 Å². The number of carboxylic acid groups (broad SMARTS) is 1. The van der Waals surface area contributed by atoms with Gasteiger partial charge in [0.15, 0.2) is 5.65 Å². The largest absolute Gasteiger partial charge is 0.478 e. The van der Waals surface area contributed by atoms with Crippen LogP contribution in [0.1, 0.15) is 26.3 Å². The van der Waals surface area contributed by atoms with Crippen LogP contribution in [0.25, 0.3) is 11.0 Å². The number of carbonyl (C=O) groups excluding carboxylic acids is 1. The SMILES string of the molecule is O=C(Nc1ccccc1C(=O)O)c1cnc2c(cnn2Cc2ccccc2)c1. The normalized spacial score (nSPS) is 10.7. The van der Waals surface area contributed by atoms with Crippen molar-refractivity contribution >= 4 is 28.6 Å². The number of aromatic carboxylic acids is 1. The van der Waals surface area contributed by atoms with E-state index in [0.717, 1.165) is 10.9 Å². The number of anilines is 1. The highest BCUT2D eigenvalue weighted by Crippen LogP contribution is 2.18. The Morgan fingerprint density at radius 2 is 1.75 bits per heavy atom. The van der Waals surface area contributed by atoms with E-state index in [1.54, 1.807) is 35.1 Å². The van der Waals surface area contributed by atoms with Crippen molar-refractivity contribution in [1.29, 1.82) is 0 Å². The van der Waals surface area contributed by atoms with Gasteiger partial charge in [-0.3, -0.25) is 4.79 Å². The maximum Gasteiger partial charge on any atom is 0.337 e. The highest BCUT2D eigenvalue weighted by Gasteiger charge is 2.15. The molecule has 0 atom stereocenters. The molecule has 138 valence electrons. The standard InChI is InChI=1S/C21H16N4O3/c26-20(24-18-9-5-4-8-17(18)21(27)28)16-10-15-12-23-25(19(15)22-11-16)13-14-6-2-1-3-7-14/h1-12H,13H2,(H,24,26)(H,27,28). The van der Waals surface area contributed by atoms with Gasteiger partial charge in [0.25, 0.3) is 5.91 Å². The first-order valence-corrected chi connectivity index (χ1v) is 8.61. The number of carboxylic acids is 1. The van der Waals surface area contributed by atoms with Crippen LogP contribution in [-0.4, -0.2) is 31.7 Å². The van der Waals surface area contributed by atoms with Gasteiger partial charge in [0.2, 0.25) is 0 Å². The number of fused-ring (bicyclic) bond motifs is 1. The van der Waals surface area contributed by atoms with E-state index in [9.17, 15) is 14.7 Å². The monoisotopic (exact) mass is 372 g/mol. The summed E-state index contributed by atoms with van der Waals surface area (Å²) in [6, 6.07) is 17.8. The van der Waals surface area contributed by atoms with Gasteiger partial charge in [0, 0.05) is 11.6 Å². The molecule has 0 saturated carbocycles. The fraction of sp³-hybridized carbons (Fsp3) is 0.0476. The third kappa shape index (κ3) is 3.45. The predicted molar refractivity (Wildman–Crippen MR) is 104 cm³/mol. The summed E-state index contributed by atoms with van der Waals surface area (Å²) < 4.78 is 1.77. The second-order valence-electron chi connectivity index (χ2n) is 6.23. The van der Waals surface area contributed by atoms with E-state index in [1.165, 1.54) is 12.3 Å². The van der Waals surface area contributed by atoms with Gasteiger partial charge in [0.05, 0.1) is 29.6 Å². The van der Waals surface area contributed by atoms with E-state index in [4.69, 9.17) is 0 Å². The summed E-state index contributed by atoms with van der Waals surface area (Å²) in [4.78, 5) is 28.2. The van der Waals surface area contributed by atoms with Crippen molar-refractivity contribution in [1.82, 2.24) is 14.8 Å². The third-order valence-electron chi connectivity index (χ3n) is 4.32. The van der Waals surface area contributed by atoms with Crippen molar-refractivity contribution in [2.75, 3.05) is 5.32 Å². The Hall–Kier alpha value is -4.00. The number of hydrogen-bond donors (Lipinski definition) is 2. The van der Waals surface area contributed by atoms with E-state index in [2.05, 4.69) is 15.4 Å². The van der Waals surface area contributed by atoms with Crippen molar-refractivity contribution < 1.29 is 14.7 Å². The van der Waals surface area contributed by atoms with Crippen LogP contribution in [0.5, 0.6) is 0 Å². The molecule has 2 N–H and O–H groups in total. The van der Waals surface area contributed by atoms with Gasteiger partial charge in [0.1, 0.15) is 0 Å². The lowest BCUT2D eigenvalue weighted by atomic mass is 10.1. The van der Waals surface area contributed by atoms with E-state index >= 15 is 0 Å². The van der Waals surface area contributed by atoms with E-state index in [0.29, 0.717) is 17.8 Å². The minimum Gasteiger partial charge on any atom is -0.478 e. The Bertz CT molecular complexity index is 1170. The molecule has 4 aromatic rings. The number of benzene rings is 2. The first kappa shape index (κ1) is 17.4. The Labute approximate surface area is 160 Å². The van der Waals surface area contributed by atoms with Gasteiger partial charge < -0.3 is 10.4 Å². The van der Waals surface area contributed by atoms with Crippen LogP contribution in [0.3, 0.4) is 0 Å². The Morgan fingerprint density at radius 1 is 1.00 bits per heavy atom. The van der Waals surface area contributed by atoms with Gasteiger partial charge in [-0.2, -0.15) is 5.10 Å². The molecule has 1 amide bonds. The summed E-state index contributed by atoms with van der Waals surface area (Å²) in [5, 5.41) is 17.0.